The molecule has 5 nitrogen and oxygen atoms in total. The van der Waals surface area contributed by atoms with Gasteiger partial charge in [-0.2, -0.15) is 24.5 Å². The normalized spacial score (nSPS) is 11.6. The number of thiophene rings is 1. The fourth-order valence-corrected chi connectivity index (χ4v) is 3.13. The first kappa shape index (κ1) is 19.0. The summed E-state index contributed by atoms with van der Waals surface area (Å²) in [5, 5.41) is 3.58. The molecule has 9 heteroatoms. The Kier molecular flexibility index (Phi) is 5.22. The van der Waals surface area contributed by atoms with E-state index in [1.807, 2.05) is 16.8 Å². The van der Waals surface area contributed by atoms with Crippen LogP contribution in [-0.4, -0.2) is 24.5 Å². The molecule has 1 amide bonds. The average molecular weight is 397 g/mol. The quantitative estimate of drug-likeness (QED) is 0.613. The van der Waals surface area contributed by atoms with Crippen molar-refractivity contribution >= 4 is 28.2 Å². The van der Waals surface area contributed by atoms with E-state index < -0.39 is 17.4 Å². The number of nitrogens with zero attached hydrogens (tertiary/aromatic N) is 1. The summed E-state index contributed by atoms with van der Waals surface area (Å²) >= 11 is 1.52. The maximum atomic E-state index is 13.0. The van der Waals surface area contributed by atoms with E-state index in [9.17, 15) is 22.8 Å². The Bertz CT molecular complexity index is 1010. The van der Waals surface area contributed by atoms with E-state index >= 15 is 0 Å². The number of halogens is 3. The Balaban J connectivity index is 1.74. The highest BCUT2D eigenvalue weighted by molar-refractivity contribution is 7.07. The van der Waals surface area contributed by atoms with Crippen LogP contribution in [0.4, 0.5) is 13.2 Å². The molecule has 0 saturated carbocycles. The van der Waals surface area contributed by atoms with Crippen molar-refractivity contribution in [3.63, 3.8) is 0 Å². The van der Waals surface area contributed by atoms with Crippen LogP contribution >= 0.6 is 11.3 Å². The highest BCUT2D eigenvalue weighted by Gasteiger charge is 2.33. The van der Waals surface area contributed by atoms with Gasteiger partial charge in [-0.1, -0.05) is 0 Å². The van der Waals surface area contributed by atoms with Crippen molar-refractivity contribution in [3.8, 4) is 5.75 Å². The molecule has 0 spiro atoms. The van der Waals surface area contributed by atoms with Gasteiger partial charge in [-0.15, -0.1) is 0 Å². The van der Waals surface area contributed by atoms with Crippen LogP contribution in [0.1, 0.15) is 11.1 Å². The van der Waals surface area contributed by atoms with Crippen molar-refractivity contribution in [2.24, 2.45) is 0 Å². The lowest BCUT2D eigenvalue weighted by Gasteiger charge is -2.17. The molecule has 2 heterocycles. The molecule has 3 aromatic rings. The molecule has 0 fully saturated rings. The van der Waals surface area contributed by atoms with Gasteiger partial charge in [0.05, 0.1) is 5.56 Å². The summed E-state index contributed by atoms with van der Waals surface area (Å²) in [6, 6.07) is 5.92. The van der Waals surface area contributed by atoms with Gasteiger partial charge in [0.2, 0.25) is 0 Å². The molecule has 27 heavy (non-hydrogen) atoms. The first-order valence-electron chi connectivity index (χ1n) is 7.77. The van der Waals surface area contributed by atoms with Gasteiger partial charge in [-0.05, 0) is 34.5 Å². The van der Waals surface area contributed by atoms with E-state index in [-0.39, 0.29) is 29.2 Å². The van der Waals surface area contributed by atoms with E-state index in [1.165, 1.54) is 22.3 Å². The molecule has 0 aliphatic carbocycles. The van der Waals surface area contributed by atoms with Gasteiger partial charge in [0.25, 0.3) is 5.91 Å². The zero-order chi connectivity index (χ0) is 19.6. The number of alkyl halides is 3. The highest BCUT2D eigenvalue weighted by Crippen LogP contribution is 2.34. The van der Waals surface area contributed by atoms with E-state index in [0.717, 1.165) is 17.7 Å². The van der Waals surface area contributed by atoms with Crippen LogP contribution in [-0.2, 0) is 17.5 Å². The first-order valence-corrected chi connectivity index (χ1v) is 8.71. The third-order valence-corrected chi connectivity index (χ3v) is 4.54. The molecule has 1 aromatic carbocycles. The third-order valence-electron chi connectivity index (χ3n) is 3.81. The molecule has 3 rings (SSSR count). The summed E-state index contributed by atoms with van der Waals surface area (Å²) in [7, 11) is 1.62. The van der Waals surface area contributed by atoms with E-state index in [0.29, 0.717) is 12.6 Å². The van der Waals surface area contributed by atoms with Crippen molar-refractivity contribution in [2.75, 3.05) is 13.7 Å². The fraction of sp³-hybridized carbons (Fsp3) is 0.222. The number of benzene rings is 1. The number of hydrogen-bond donors (Lipinski definition) is 0. The zero-order valence-electron chi connectivity index (χ0n) is 14.1. The van der Waals surface area contributed by atoms with Crippen LogP contribution < -0.4 is 10.4 Å². The van der Waals surface area contributed by atoms with Crippen molar-refractivity contribution in [3.05, 3.63) is 62.6 Å². The zero-order valence-corrected chi connectivity index (χ0v) is 14.9. The average Bonchev–Trinajstić information content (AvgIpc) is 3.10. The summed E-state index contributed by atoms with van der Waals surface area (Å²) in [5.41, 5.74) is -1.46. The molecule has 2 aromatic heterocycles. The molecule has 0 unspecified atom stereocenters. The maximum absolute atomic E-state index is 13.0. The summed E-state index contributed by atoms with van der Waals surface area (Å²) in [4.78, 5) is 25.0. The molecule has 0 saturated heterocycles. The number of ether oxygens (including phenoxy) is 1. The van der Waals surface area contributed by atoms with Crippen LogP contribution in [0.5, 0.6) is 5.75 Å². The predicted molar refractivity (Wildman–Crippen MR) is 93.8 cm³/mol. The largest absolute Gasteiger partial charge is 0.484 e. The Hall–Kier alpha value is -2.81. The smallest absolute Gasteiger partial charge is 0.417 e. The predicted octanol–water partition coefficient (Wildman–Crippen LogP) is 3.91. The summed E-state index contributed by atoms with van der Waals surface area (Å²) in [6.07, 6.45) is -4.68. The van der Waals surface area contributed by atoms with E-state index in [4.69, 9.17) is 9.15 Å². The number of likely N-dealkylation sites (N-methyl/N-ethyl adjacent to an activating group) is 1. The van der Waals surface area contributed by atoms with E-state index in [1.54, 1.807) is 7.05 Å². The Labute approximate surface area is 155 Å². The SMILES string of the molecule is CN(Cc1ccsc1)C(=O)COc1ccc2c(C(F)(F)F)cc(=O)oc2c1. The standard InChI is InChI=1S/C18H14F3NO4S/c1-22(8-11-4-5-27-10-11)16(23)9-25-12-2-3-13-14(18(19,20)21)7-17(24)26-15(13)6-12/h2-7,10H,8-9H2,1H3. The van der Waals surface area contributed by atoms with Crippen molar-refractivity contribution in [2.45, 2.75) is 12.7 Å². The molecule has 0 bridgehead atoms. The molecule has 0 radical (unpaired) electrons. The molecule has 0 aliphatic rings. The van der Waals surface area contributed by atoms with Gasteiger partial charge in [-0.3, -0.25) is 4.79 Å². The van der Waals surface area contributed by atoms with Crippen LogP contribution in [0.3, 0.4) is 0 Å². The molecule has 142 valence electrons. The molecule has 0 atom stereocenters. The second kappa shape index (κ2) is 7.43. The van der Waals surface area contributed by atoms with Crippen LogP contribution in [0.15, 0.2) is 50.3 Å². The first-order chi connectivity index (χ1) is 12.7. The van der Waals surface area contributed by atoms with Gasteiger partial charge in [-0.25, -0.2) is 4.79 Å². The fourth-order valence-electron chi connectivity index (χ4n) is 2.47. The lowest BCUT2D eigenvalue weighted by molar-refractivity contribution is -0.136. The minimum atomic E-state index is -4.68. The Morgan fingerprint density at radius 2 is 2.04 bits per heavy atom. The lowest BCUT2D eigenvalue weighted by atomic mass is 10.1. The monoisotopic (exact) mass is 397 g/mol. The lowest BCUT2D eigenvalue weighted by Crippen LogP contribution is -2.30. The number of rotatable bonds is 5. The van der Waals surface area contributed by atoms with Crippen molar-refractivity contribution in [1.82, 2.24) is 4.90 Å². The van der Waals surface area contributed by atoms with Gasteiger partial charge < -0.3 is 14.1 Å². The molecule has 0 N–H and O–H groups in total. The summed E-state index contributed by atoms with van der Waals surface area (Å²) < 4.78 is 49.3. The van der Waals surface area contributed by atoms with Gasteiger partial charge in [0.1, 0.15) is 11.3 Å². The number of carbonyl (C=O) groups excluding carboxylic acids is 1. The molecule has 0 aliphatic heterocycles. The molecular weight excluding hydrogens is 383 g/mol. The van der Waals surface area contributed by atoms with Crippen molar-refractivity contribution < 1.29 is 27.1 Å². The van der Waals surface area contributed by atoms with Crippen LogP contribution in [0, 0.1) is 0 Å². The Morgan fingerprint density at radius 3 is 2.70 bits per heavy atom. The summed E-state index contributed by atoms with van der Waals surface area (Å²) in [6.45, 7) is 0.128. The topological polar surface area (TPSA) is 59.8 Å². The third kappa shape index (κ3) is 4.48. The number of carbonyl (C=O) groups is 1. The second-order valence-electron chi connectivity index (χ2n) is 5.80. The minimum absolute atomic E-state index is 0.127. The minimum Gasteiger partial charge on any atom is -0.484 e. The summed E-state index contributed by atoms with van der Waals surface area (Å²) in [5.74, 6) is -0.172. The number of amides is 1. The van der Waals surface area contributed by atoms with E-state index in [2.05, 4.69) is 0 Å². The van der Waals surface area contributed by atoms with Gasteiger partial charge >= 0.3 is 11.8 Å². The van der Waals surface area contributed by atoms with Crippen LogP contribution in [0.2, 0.25) is 0 Å². The molecular formula is C18H14F3NO4S. The highest BCUT2D eigenvalue weighted by atomic mass is 32.1. The van der Waals surface area contributed by atoms with Crippen LogP contribution in [0.25, 0.3) is 11.0 Å². The van der Waals surface area contributed by atoms with Gasteiger partial charge in [0.15, 0.2) is 6.61 Å². The number of hydrogen-bond acceptors (Lipinski definition) is 5. The number of fused-ring (bicyclic) bond motifs is 1. The van der Waals surface area contributed by atoms with Gasteiger partial charge in [0, 0.05) is 31.1 Å². The van der Waals surface area contributed by atoms with Crippen molar-refractivity contribution in [1.29, 1.82) is 0 Å². The second-order valence-corrected chi connectivity index (χ2v) is 6.58. The Morgan fingerprint density at radius 1 is 1.26 bits per heavy atom. The maximum Gasteiger partial charge on any atom is 0.417 e.